The standard InChI is InChI=1S/C7H4AsClFN/c8-7-4(3-11)6(10)2-1-5(7)9/h1-2H,8H2. The minimum atomic E-state index is -0.503. The Bertz CT molecular complexity index is 332. The summed E-state index contributed by atoms with van der Waals surface area (Å²) >= 11 is 6.82. The van der Waals surface area contributed by atoms with E-state index in [-0.39, 0.29) is 5.56 Å². The Balaban J connectivity index is 3.44. The number of hydrogen-bond donors (Lipinski definition) is 0. The van der Waals surface area contributed by atoms with Gasteiger partial charge in [-0.1, -0.05) is 0 Å². The van der Waals surface area contributed by atoms with Crippen LogP contribution in [0.3, 0.4) is 0 Å². The first-order valence-corrected chi connectivity index (χ1v) is 4.39. The average Bonchev–Trinajstić information content (AvgIpc) is 1.99. The Morgan fingerprint density at radius 2 is 2.18 bits per heavy atom. The van der Waals surface area contributed by atoms with Gasteiger partial charge in [-0.2, -0.15) is 0 Å². The molecule has 0 bridgehead atoms. The number of halogens is 2. The maximum absolute atomic E-state index is 12.8. The van der Waals surface area contributed by atoms with E-state index in [2.05, 4.69) is 0 Å². The van der Waals surface area contributed by atoms with E-state index in [1.165, 1.54) is 12.1 Å². The van der Waals surface area contributed by atoms with Gasteiger partial charge in [0.1, 0.15) is 0 Å². The number of nitriles is 1. The molecule has 0 N–H and O–H groups in total. The Kier molecular flexibility index (Phi) is 2.54. The van der Waals surface area contributed by atoms with Crippen LogP contribution in [0.4, 0.5) is 4.39 Å². The van der Waals surface area contributed by atoms with Gasteiger partial charge in [0.05, 0.1) is 0 Å². The molecule has 0 saturated heterocycles. The number of hydrogen-bond acceptors (Lipinski definition) is 1. The predicted molar refractivity (Wildman–Crippen MR) is 44.3 cm³/mol. The molecule has 1 aromatic rings. The van der Waals surface area contributed by atoms with Crippen molar-refractivity contribution in [2.24, 2.45) is 0 Å². The van der Waals surface area contributed by atoms with Gasteiger partial charge in [-0.15, -0.1) is 0 Å². The number of nitrogens with zero attached hydrogens (tertiary/aromatic N) is 1. The van der Waals surface area contributed by atoms with E-state index in [4.69, 9.17) is 16.9 Å². The first kappa shape index (κ1) is 8.58. The van der Waals surface area contributed by atoms with E-state index < -0.39 is 5.82 Å². The van der Waals surface area contributed by atoms with Crippen LogP contribution in [0.5, 0.6) is 0 Å². The fourth-order valence-corrected chi connectivity index (χ4v) is 1.47. The topological polar surface area (TPSA) is 23.8 Å². The first-order chi connectivity index (χ1) is 5.16. The molecular formula is C7H4AsClFN. The molecule has 0 heterocycles. The SMILES string of the molecule is N#Cc1c(F)ccc(Cl)c1[AsH2]. The monoisotopic (exact) mass is 231 g/mol. The minimum absolute atomic E-state index is 0.0532. The van der Waals surface area contributed by atoms with Gasteiger partial charge in [0, 0.05) is 0 Å². The molecule has 0 aliphatic carbocycles. The number of rotatable bonds is 0. The molecule has 0 aliphatic heterocycles. The third-order valence-electron chi connectivity index (χ3n) is 1.25. The van der Waals surface area contributed by atoms with Crippen LogP contribution in [-0.4, -0.2) is 16.9 Å². The maximum atomic E-state index is 12.8. The molecule has 0 spiro atoms. The van der Waals surface area contributed by atoms with E-state index in [9.17, 15) is 4.39 Å². The summed E-state index contributed by atoms with van der Waals surface area (Å²) < 4.78 is 13.3. The molecule has 4 heteroatoms. The Hall–Kier alpha value is -0.512. The van der Waals surface area contributed by atoms with Gasteiger partial charge >= 0.3 is 77.1 Å². The zero-order chi connectivity index (χ0) is 8.43. The van der Waals surface area contributed by atoms with E-state index >= 15 is 0 Å². The molecule has 1 unspecified atom stereocenters. The van der Waals surface area contributed by atoms with Crippen LogP contribution >= 0.6 is 11.6 Å². The Morgan fingerprint density at radius 1 is 1.55 bits per heavy atom. The predicted octanol–water partition coefficient (Wildman–Crippen LogP) is 0.609. The van der Waals surface area contributed by atoms with Gasteiger partial charge in [0.25, 0.3) is 0 Å². The first-order valence-electron chi connectivity index (χ1n) is 2.80. The average molecular weight is 231 g/mol. The molecule has 1 nitrogen and oxygen atoms in total. The molecule has 56 valence electrons. The van der Waals surface area contributed by atoms with Crippen molar-refractivity contribution < 1.29 is 4.39 Å². The van der Waals surface area contributed by atoms with E-state index in [1.54, 1.807) is 6.07 Å². The molecule has 11 heavy (non-hydrogen) atoms. The third kappa shape index (κ3) is 1.56. The Morgan fingerprint density at radius 3 is 2.64 bits per heavy atom. The van der Waals surface area contributed by atoms with Gasteiger partial charge in [0.15, 0.2) is 0 Å². The van der Waals surface area contributed by atoms with Gasteiger partial charge < -0.3 is 0 Å². The summed E-state index contributed by atoms with van der Waals surface area (Å²) in [4.78, 5) is 0. The van der Waals surface area contributed by atoms with Crippen LogP contribution in [0.1, 0.15) is 5.56 Å². The summed E-state index contributed by atoms with van der Waals surface area (Å²) in [6.45, 7) is 0. The van der Waals surface area contributed by atoms with Crippen molar-refractivity contribution in [1.29, 1.82) is 5.26 Å². The summed E-state index contributed by atoms with van der Waals surface area (Å²) in [7, 11) is 0. The summed E-state index contributed by atoms with van der Waals surface area (Å²) in [5, 5.41) is 8.93. The summed E-state index contributed by atoms with van der Waals surface area (Å²) in [5.74, 6) is -0.503. The van der Waals surface area contributed by atoms with Crippen molar-refractivity contribution in [3.05, 3.63) is 28.5 Å². The zero-order valence-corrected chi connectivity index (χ0v) is 8.61. The van der Waals surface area contributed by atoms with Crippen LogP contribution in [0.25, 0.3) is 0 Å². The van der Waals surface area contributed by atoms with Crippen molar-refractivity contribution in [3.63, 3.8) is 0 Å². The molecule has 0 saturated carbocycles. The fraction of sp³-hybridized carbons (Fsp3) is 0. The summed E-state index contributed by atoms with van der Waals surface area (Å²) in [6, 6.07) is 4.41. The van der Waals surface area contributed by atoms with Crippen molar-refractivity contribution in [1.82, 2.24) is 0 Å². The molecular weight excluding hydrogens is 227 g/mol. The van der Waals surface area contributed by atoms with Gasteiger partial charge in [0.2, 0.25) is 0 Å². The van der Waals surface area contributed by atoms with Crippen LogP contribution in [0, 0.1) is 17.1 Å². The van der Waals surface area contributed by atoms with Crippen molar-refractivity contribution in [3.8, 4) is 6.07 Å². The quantitative estimate of drug-likeness (QED) is 0.600. The fourth-order valence-electron chi connectivity index (χ4n) is 0.681. The molecule has 0 amide bonds. The van der Waals surface area contributed by atoms with Gasteiger partial charge in [-0.3, -0.25) is 0 Å². The van der Waals surface area contributed by atoms with Crippen molar-refractivity contribution in [2.75, 3.05) is 0 Å². The zero-order valence-electron chi connectivity index (χ0n) is 5.44. The summed E-state index contributed by atoms with van der Waals surface area (Å²) in [6.07, 6.45) is 0. The summed E-state index contributed by atoms with van der Waals surface area (Å²) in [5.41, 5.74) is 0.0532. The Labute approximate surface area is 77.3 Å². The molecule has 0 aromatic heterocycles. The normalized spacial score (nSPS) is 9.27. The van der Waals surface area contributed by atoms with Crippen molar-refractivity contribution in [2.45, 2.75) is 0 Å². The third-order valence-corrected chi connectivity index (χ3v) is 3.22. The van der Waals surface area contributed by atoms with Crippen LogP contribution in [0.15, 0.2) is 12.1 Å². The molecule has 0 fully saturated rings. The van der Waals surface area contributed by atoms with E-state index in [1.807, 2.05) is 0 Å². The molecule has 0 radical (unpaired) electrons. The second kappa shape index (κ2) is 3.26. The van der Waals surface area contributed by atoms with E-state index in [0.717, 1.165) is 16.9 Å². The van der Waals surface area contributed by atoms with Gasteiger partial charge in [-0.25, -0.2) is 0 Å². The number of benzene rings is 1. The van der Waals surface area contributed by atoms with Gasteiger partial charge in [-0.05, 0) is 0 Å². The molecule has 1 atom stereocenters. The second-order valence-corrected chi connectivity index (χ2v) is 3.55. The van der Waals surface area contributed by atoms with Crippen LogP contribution in [-0.2, 0) is 0 Å². The molecule has 0 aliphatic rings. The van der Waals surface area contributed by atoms with Crippen molar-refractivity contribution >= 4 is 32.8 Å². The second-order valence-electron chi connectivity index (χ2n) is 1.93. The van der Waals surface area contributed by atoms with Crippen LogP contribution in [0.2, 0.25) is 5.02 Å². The molecule has 1 aromatic carbocycles. The van der Waals surface area contributed by atoms with E-state index in [0.29, 0.717) is 9.37 Å². The molecule has 1 rings (SSSR count). The van der Waals surface area contributed by atoms with Crippen LogP contribution < -0.4 is 4.35 Å².